The van der Waals surface area contributed by atoms with Crippen LogP contribution in [-0.2, 0) is 13.0 Å². The number of hydrogen-bond donors (Lipinski definition) is 0. The largest absolute Gasteiger partial charge is 0.334 e. The van der Waals surface area contributed by atoms with Gasteiger partial charge in [0, 0.05) is 23.7 Å². The average Bonchev–Trinajstić information content (AvgIpc) is 2.45. The standard InChI is InChI=1S/C16H14ClNO/c17-14-7-5-12(6-8-14)11-18-10-9-13-3-1-2-4-15(13)16(18)19/h1-8H,9-11H2. The molecule has 1 amide bonds. The molecule has 1 aliphatic rings. The SMILES string of the molecule is O=C1c2ccccc2CCN1Cc1ccc(Cl)cc1. The highest BCUT2D eigenvalue weighted by Crippen LogP contribution is 2.20. The molecular weight excluding hydrogens is 258 g/mol. The van der Waals surface area contributed by atoms with Crippen molar-refractivity contribution in [3.8, 4) is 0 Å². The highest BCUT2D eigenvalue weighted by atomic mass is 35.5. The van der Waals surface area contributed by atoms with Gasteiger partial charge in [-0.15, -0.1) is 0 Å². The fourth-order valence-corrected chi connectivity index (χ4v) is 2.56. The number of rotatable bonds is 2. The van der Waals surface area contributed by atoms with E-state index in [1.54, 1.807) is 0 Å². The lowest BCUT2D eigenvalue weighted by Gasteiger charge is -2.28. The summed E-state index contributed by atoms with van der Waals surface area (Å²) in [5.74, 6) is 0.122. The highest BCUT2D eigenvalue weighted by molar-refractivity contribution is 6.30. The van der Waals surface area contributed by atoms with Gasteiger partial charge in [0.05, 0.1) is 0 Å². The monoisotopic (exact) mass is 271 g/mol. The summed E-state index contributed by atoms with van der Waals surface area (Å²) in [4.78, 5) is 14.3. The first-order valence-electron chi connectivity index (χ1n) is 6.35. The van der Waals surface area contributed by atoms with Crippen LogP contribution in [0.4, 0.5) is 0 Å². The van der Waals surface area contributed by atoms with Gasteiger partial charge in [0.2, 0.25) is 0 Å². The van der Waals surface area contributed by atoms with Gasteiger partial charge in [-0.3, -0.25) is 4.79 Å². The van der Waals surface area contributed by atoms with Crippen molar-refractivity contribution in [2.75, 3.05) is 6.54 Å². The summed E-state index contributed by atoms with van der Waals surface area (Å²) in [6.07, 6.45) is 0.926. The summed E-state index contributed by atoms with van der Waals surface area (Å²) < 4.78 is 0. The Morgan fingerprint density at radius 2 is 1.79 bits per heavy atom. The van der Waals surface area contributed by atoms with Crippen LogP contribution in [0.3, 0.4) is 0 Å². The maximum absolute atomic E-state index is 12.4. The number of carbonyl (C=O) groups excluding carboxylic acids is 1. The second kappa shape index (κ2) is 5.06. The first kappa shape index (κ1) is 12.2. The molecule has 0 saturated heterocycles. The van der Waals surface area contributed by atoms with E-state index in [9.17, 15) is 4.79 Å². The lowest BCUT2D eigenvalue weighted by molar-refractivity contribution is 0.0727. The van der Waals surface area contributed by atoms with Gasteiger partial charge in [0.1, 0.15) is 0 Å². The molecule has 96 valence electrons. The fraction of sp³-hybridized carbons (Fsp3) is 0.188. The molecule has 0 aliphatic carbocycles. The Labute approximate surface area is 117 Å². The lowest BCUT2D eigenvalue weighted by Crippen LogP contribution is -2.36. The molecule has 2 nitrogen and oxygen atoms in total. The average molecular weight is 272 g/mol. The van der Waals surface area contributed by atoms with Gasteiger partial charge in [-0.25, -0.2) is 0 Å². The molecule has 2 aromatic rings. The number of halogens is 1. The quantitative estimate of drug-likeness (QED) is 0.818. The van der Waals surface area contributed by atoms with Crippen molar-refractivity contribution in [1.29, 1.82) is 0 Å². The second-order valence-electron chi connectivity index (χ2n) is 4.76. The van der Waals surface area contributed by atoms with E-state index in [0.29, 0.717) is 6.54 Å². The third kappa shape index (κ3) is 2.49. The van der Waals surface area contributed by atoms with Crippen LogP contribution in [0.25, 0.3) is 0 Å². The van der Waals surface area contributed by atoms with Crippen molar-refractivity contribution in [3.63, 3.8) is 0 Å². The van der Waals surface area contributed by atoms with Gasteiger partial charge in [-0.05, 0) is 35.7 Å². The predicted octanol–water partition coefficient (Wildman–Crippen LogP) is 3.54. The second-order valence-corrected chi connectivity index (χ2v) is 5.20. The first-order valence-corrected chi connectivity index (χ1v) is 6.73. The number of amides is 1. The lowest BCUT2D eigenvalue weighted by atomic mass is 9.99. The van der Waals surface area contributed by atoms with E-state index in [2.05, 4.69) is 0 Å². The number of benzene rings is 2. The van der Waals surface area contributed by atoms with Crippen molar-refractivity contribution in [3.05, 3.63) is 70.2 Å². The molecule has 19 heavy (non-hydrogen) atoms. The van der Waals surface area contributed by atoms with Crippen molar-refractivity contribution < 1.29 is 4.79 Å². The van der Waals surface area contributed by atoms with E-state index in [1.807, 2.05) is 53.4 Å². The van der Waals surface area contributed by atoms with E-state index < -0.39 is 0 Å². The summed E-state index contributed by atoms with van der Waals surface area (Å²) in [5.41, 5.74) is 3.10. The number of fused-ring (bicyclic) bond motifs is 1. The Morgan fingerprint density at radius 1 is 1.05 bits per heavy atom. The predicted molar refractivity (Wildman–Crippen MR) is 76.3 cm³/mol. The number of hydrogen-bond acceptors (Lipinski definition) is 1. The van der Waals surface area contributed by atoms with Gasteiger partial charge in [0.15, 0.2) is 0 Å². The fourth-order valence-electron chi connectivity index (χ4n) is 2.44. The summed E-state index contributed by atoms with van der Waals surface area (Å²) in [6, 6.07) is 15.5. The van der Waals surface area contributed by atoms with Gasteiger partial charge in [0.25, 0.3) is 5.91 Å². The van der Waals surface area contributed by atoms with E-state index >= 15 is 0 Å². The molecule has 1 heterocycles. The van der Waals surface area contributed by atoms with Crippen molar-refractivity contribution in [2.45, 2.75) is 13.0 Å². The molecular formula is C16H14ClNO. The minimum atomic E-state index is 0.122. The Bertz CT molecular complexity index is 606. The molecule has 0 saturated carbocycles. The molecule has 3 rings (SSSR count). The molecule has 0 unspecified atom stereocenters. The topological polar surface area (TPSA) is 20.3 Å². The van der Waals surface area contributed by atoms with Crippen LogP contribution in [0.5, 0.6) is 0 Å². The van der Waals surface area contributed by atoms with E-state index in [4.69, 9.17) is 11.6 Å². The molecule has 1 aliphatic heterocycles. The number of nitrogens with zero attached hydrogens (tertiary/aromatic N) is 1. The van der Waals surface area contributed by atoms with Crippen molar-refractivity contribution in [1.82, 2.24) is 4.90 Å². The van der Waals surface area contributed by atoms with Crippen molar-refractivity contribution in [2.24, 2.45) is 0 Å². The summed E-state index contributed by atoms with van der Waals surface area (Å²) in [7, 11) is 0. The van der Waals surface area contributed by atoms with E-state index in [0.717, 1.165) is 34.7 Å². The van der Waals surface area contributed by atoms with Crippen LogP contribution in [0, 0.1) is 0 Å². The van der Waals surface area contributed by atoms with E-state index in [-0.39, 0.29) is 5.91 Å². The summed E-state index contributed by atoms with van der Waals surface area (Å²) in [6.45, 7) is 1.42. The zero-order valence-corrected chi connectivity index (χ0v) is 11.2. The number of carbonyl (C=O) groups is 1. The molecule has 0 bridgehead atoms. The Kier molecular flexibility index (Phi) is 3.26. The van der Waals surface area contributed by atoms with Crippen LogP contribution in [0.15, 0.2) is 48.5 Å². The third-order valence-corrected chi connectivity index (χ3v) is 3.72. The molecule has 0 aromatic heterocycles. The molecule has 2 aromatic carbocycles. The van der Waals surface area contributed by atoms with Crippen LogP contribution < -0.4 is 0 Å². The first-order chi connectivity index (χ1) is 9.24. The molecule has 0 spiro atoms. The minimum absolute atomic E-state index is 0.122. The third-order valence-electron chi connectivity index (χ3n) is 3.47. The Balaban J connectivity index is 1.81. The van der Waals surface area contributed by atoms with Gasteiger partial charge >= 0.3 is 0 Å². The van der Waals surface area contributed by atoms with Gasteiger partial charge in [-0.2, -0.15) is 0 Å². The Hall–Kier alpha value is -1.80. The van der Waals surface area contributed by atoms with Gasteiger partial charge < -0.3 is 4.90 Å². The van der Waals surface area contributed by atoms with Crippen LogP contribution >= 0.6 is 11.6 Å². The maximum Gasteiger partial charge on any atom is 0.254 e. The van der Waals surface area contributed by atoms with Crippen LogP contribution in [-0.4, -0.2) is 17.4 Å². The summed E-state index contributed by atoms with van der Waals surface area (Å²) >= 11 is 5.87. The zero-order valence-electron chi connectivity index (χ0n) is 10.5. The summed E-state index contributed by atoms with van der Waals surface area (Å²) in [5, 5.41) is 0.721. The molecule has 0 atom stereocenters. The molecule has 0 N–H and O–H groups in total. The molecule has 0 fully saturated rings. The van der Waals surface area contributed by atoms with E-state index in [1.165, 1.54) is 0 Å². The smallest absolute Gasteiger partial charge is 0.254 e. The van der Waals surface area contributed by atoms with Gasteiger partial charge in [-0.1, -0.05) is 41.9 Å². The highest BCUT2D eigenvalue weighted by Gasteiger charge is 2.23. The molecule has 0 radical (unpaired) electrons. The normalized spacial score (nSPS) is 14.4. The van der Waals surface area contributed by atoms with Crippen LogP contribution in [0.2, 0.25) is 5.02 Å². The van der Waals surface area contributed by atoms with Crippen LogP contribution in [0.1, 0.15) is 21.5 Å². The Morgan fingerprint density at radius 3 is 2.58 bits per heavy atom. The minimum Gasteiger partial charge on any atom is -0.334 e. The maximum atomic E-state index is 12.4. The zero-order chi connectivity index (χ0) is 13.2. The molecule has 3 heteroatoms. The van der Waals surface area contributed by atoms with Crippen molar-refractivity contribution >= 4 is 17.5 Å².